The van der Waals surface area contributed by atoms with Crippen molar-refractivity contribution in [2.24, 2.45) is 0 Å². The van der Waals surface area contributed by atoms with Crippen LogP contribution in [0.5, 0.6) is 0 Å². The maximum Gasteiger partial charge on any atom is 0.256 e. The molecule has 2 aromatic rings. The normalized spacial score (nSPS) is 14.9. The molecule has 2 heterocycles. The van der Waals surface area contributed by atoms with E-state index < -0.39 is 0 Å². The quantitative estimate of drug-likeness (QED) is 0.699. The number of hydrogen-bond acceptors (Lipinski definition) is 4. The number of aromatic amines is 1. The molecule has 1 aromatic carbocycles. The summed E-state index contributed by atoms with van der Waals surface area (Å²) in [6, 6.07) is 6.55. The van der Waals surface area contributed by atoms with E-state index in [0.717, 1.165) is 30.8 Å². The summed E-state index contributed by atoms with van der Waals surface area (Å²) in [4.78, 5) is 22.0. The Hall–Kier alpha value is -1.59. The van der Waals surface area contributed by atoms with Crippen molar-refractivity contribution in [3.05, 3.63) is 56.5 Å². The maximum atomic E-state index is 12.2. The number of benzene rings is 1. The summed E-state index contributed by atoms with van der Waals surface area (Å²) in [5, 5.41) is 0.715. The highest BCUT2D eigenvalue weighted by Gasteiger charge is 2.21. The Kier molecular flexibility index (Phi) is 4.36. The summed E-state index contributed by atoms with van der Waals surface area (Å²) in [5.41, 5.74) is 5.73. The van der Waals surface area contributed by atoms with Gasteiger partial charge in [-0.2, -0.15) is 0 Å². The van der Waals surface area contributed by atoms with Gasteiger partial charge in [-0.1, -0.05) is 35.5 Å². The first-order valence-electron chi connectivity index (χ1n) is 7.51. The van der Waals surface area contributed by atoms with Crippen molar-refractivity contribution in [1.29, 1.82) is 0 Å². The molecule has 0 spiro atoms. The van der Waals surface area contributed by atoms with Crippen LogP contribution in [-0.4, -0.2) is 27.7 Å². The van der Waals surface area contributed by atoms with E-state index in [0.29, 0.717) is 11.7 Å². The highest BCUT2D eigenvalue weighted by atomic mass is 32.2. The van der Waals surface area contributed by atoms with Crippen molar-refractivity contribution in [2.45, 2.75) is 38.5 Å². The van der Waals surface area contributed by atoms with E-state index in [9.17, 15) is 4.79 Å². The summed E-state index contributed by atoms with van der Waals surface area (Å²) in [6.45, 7) is 6.78. The number of aromatic nitrogens is 2. The molecule has 1 aromatic heterocycles. The molecule has 1 aliphatic rings. The SMILES string of the molecule is CSc1nc2c(c(=O)[nH]1)CN(Cc1cc(C)ccc1C)CC2. The zero-order valence-corrected chi connectivity index (χ0v) is 14.1. The number of rotatable bonds is 3. The van der Waals surface area contributed by atoms with Crippen molar-refractivity contribution >= 4 is 11.8 Å². The minimum absolute atomic E-state index is 0.0139. The monoisotopic (exact) mass is 315 g/mol. The first-order chi connectivity index (χ1) is 10.6. The van der Waals surface area contributed by atoms with Gasteiger partial charge in [-0.3, -0.25) is 9.69 Å². The second-order valence-corrected chi connectivity index (χ2v) is 6.69. The first kappa shape index (κ1) is 15.3. The molecule has 0 aliphatic carbocycles. The van der Waals surface area contributed by atoms with Gasteiger partial charge in [0.05, 0.1) is 11.3 Å². The van der Waals surface area contributed by atoms with Crippen LogP contribution in [0.1, 0.15) is 27.9 Å². The van der Waals surface area contributed by atoms with Gasteiger partial charge < -0.3 is 4.98 Å². The molecule has 0 saturated carbocycles. The van der Waals surface area contributed by atoms with Crippen molar-refractivity contribution in [3.63, 3.8) is 0 Å². The molecular formula is C17H21N3OS. The maximum absolute atomic E-state index is 12.2. The van der Waals surface area contributed by atoms with Gasteiger partial charge in [0, 0.05) is 26.1 Å². The van der Waals surface area contributed by atoms with Gasteiger partial charge in [0.2, 0.25) is 0 Å². The number of aryl methyl sites for hydroxylation is 2. The smallest absolute Gasteiger partial charge is 0.256 e. The van der Waals surface area contributed by atoms with E-state index in [4.69, 9.17) is 0 Å². The fourth-order valence-corrected chi connectivity index (χ4v) is 3.30. The van der Waals surface area contributed by atoms with Crippen LogP contribution in [0.15, 0.2) is 28.2 Å². The van der Waals surface area contributed by atoms with E-state index >= 15 is 0 Å². The average molecular weight is 315 g/mol. The van der Waals surface area contributed by atoms with Crippen LogP contribution >= 0.6 is 11.8 Å². The molecule has 4 nitrogen and oxygen atoms in total. The summed E-state index contributed by atoms with van der Waals surface area (Å²) < 4.78 is 0. The zero-order chi connectivity index (χ0) is 15.7. The highest BCUT2D eigenvalue weighted by molar-refractivity contribution is 7.98. The van der Waals surface area contributed by atoms with Crippen molar-refractivity contribution in [1.82, 2.24) is 14.9 Å². The Morgan fingerprint density at radius 3 is 2.95 bits per heavy atom. The second kappa shape index (κ2) is 6.26. The summed E-state index contributed by atoms with van der Waals surface area (Å²) in [7, 11) is 0. The molecule has 5 heteroatoms. The fourth-order valence-electron chi connectivity index (χ4n) is 2.90. The molecule has 1 N–H and O–H groups in total. The molecule has 0 radical (unpaired) electrons. The number of thioether (sulfide) groups is 1. The van der Waals surface area contributed by atoms with Gasteiger partial charge in [-0.05, 0) is 31.2 Å². The predicted molar refractivity (Wildman–Crippen MR) is 90.4 cm³/mol. The lowest BCUT2D eigenvalue weighted by molar-refractivity contribution is 0.240. The lowest BCUT2D eigenvalue weighted by atomic mass is 10.0. The lowest BCUT2D eigenvalue weighted by Gasteiger charge is -2.28. The molecule has 1 aliphatic heterocycles. The Morgan fingerprint density at radius 2 is 2.18 bits per heavy atom. The van der Waals surface area contributed by atoms with Gasteiger partial charge >= 0.3 is 0 Å². The summed E-state index contributed by atoms with van der Waals surface area (Å²) in [6.07, 6.45) is 2.78. The fraction of sp³-hybridized carbons (Fsp3) is 0.412. The summed E-state index contributed by atoms with van der Waals surface area (Å²) in [5.74, 6) is 0. The number of H-pyrrole nitrogens is 1. The Morgan fingerprint density at radius 1 is 1.36 bits per heavy atom. The van der Waals surface area contributed by atoms with Crippen LogP contribution < -0.4 is 5.56 Å². The largest absolute Gasteiger partial charge is 0.301 e. The molecule has 0 atom stereocenters. The van der Waals surface area contributed by atoms with Gasteiger partial charge in [0.25, 0.3) is 5.56 Å². The molecular weight excluding hydrogens is 294 g/mol. The van der Waals surface area contributed by atoms with Gasteiger partial charge in [-0.25, -0.2) is 4.98 Å². The van der Waals surface area contributed by atoms with Crippen LogP contribution in [0.25, 0.3) is 0 Å². The van der Waals surface area contributed by atoms with Crippen LogP contribution in [-0.2, 0) is 19.5 Å². The van der Waals surface area contributed by atoms with E-state index in [1.165, 1.54) is 28.5 Å². The number of nitrogens with zero attached hydrogens (tertiary/aromatic N) is 2. The third-order valence-corrected chi connectivity index (χ3v) is 4.80. The third-order valence-electron chi connectivity index (χ3n) is 4.22. The lowest BCUT2D eigenvalue weighted by Crippen LogP contribution is -2.35. The molecule has 116 valence electrons. The Balaban J connectivity index is 1.83. The van der Waals surface area contributed by atoms with E-state index in [2.05, 4.69) is 46.9 Å². The number of nitrogens with one attached hydrogen (secondary N) is 1. The van der Waals surface area contributed by atoms with E-state index in [1.807, 2.05) is 6.26 Å². The standard InChI is InChI=1S/C17H21N3OS/c1-11-4-5-12(2)13(8-11)9-20-7-6-15-14(10-20)16(21)19-17(18-15)22-3/h4-5,8H,6-7,9-10H2,1-3H3,(H,18,19,21). The van der Waals surface area contributed by atoms with E-state index in [1.54, 1.807) is 0 Å². The average Bonchev–Trinajstić information content (AvgIpc) is 2.51. The number of fused-ring (bicyclic) bond motifs is 1. The molecule has 22 heavy (non-hydrogen) atoms. The van der Waals surface area contributed by atoms with Crippen molar-refractivity contribution in [2.75, 3.05) is 12.8 Å². The third kappa shape index (κ3) is 3.10. The van der Waals surface area contributed by atoms with Crippen LogP contribution in [0.4, 0.5) is 0 Å². The van der Waals surface area contributed by atoms with E-state index in [-0.39, 0.29) is 5.56 Å². The minimum Gasteiger partial charge on any atom is -0.301 e. The van der Waals surface area contributed by atoms with Crippen LogP contribution in [0.3, 0.4) is 0 Å². The molecule has 0 fully saturated rings. The van der Waals surface area contributed by atoms with Crippen molar-refractivity contribution in [3.8, 4) is 0 Å². The highest BCUT2D eigenvalue weighted by Crippen LogP contribution is 2.20. The van der Waals surface area contributed by atoms with Crippen LogP contribution in [0.2, 0.25) is 0 Å². The second-order valence-electron chi connectivity index (χ2n) is 5.89. The topological polar surface area (TPSA) is 49.0 Å². The van der Waals surface area contributed by atoms with Gasteiger partial charge in [0.1, 0.15) is 0 Å². The molecule has 0 unspecified atom stereocenters. The first-order valence-corrected chi connectivity index (χ1v) is 8.74. The molecule has 3 rings (SSSR count). The Bertz CT molecular complexity index is 754. The van der Waals surface area contributed by atoms with Crippen molar-refractivity contribution < 1.29 is 0 Å². The van der Waals surface area contributed by atoms with Crippen LogP contribution in [0, 0.1) is 13.8 Å². The molecule has 0 bridgehead atoms. The minimum atomic E-state index is 0.0139. The number of hydrogen-bond donors (Lipinski definition) is 1. The predicted octanol–water partition coefficient (Wildman–Crippen LogP) is 2.67. The van der Waals surface area contributed by atoms with Gasteiger partial charge in [0.15, 0.2) is 5.16 Å². The van der Waals surface area contributed by atoms with Gasteiger partial charge in [-0.15, -0.1) is 0 Å². The Labute approximate surface area is 135 Å². The summed E-state index contributed by atoms with van der Waals surface area (Å²) >= 11 is 1.48. The molecule has 0 saturated heterocycles. The zero-order valence-electron chi connectivity index (χ0n) is 13.3. The molecule has 0 amide bonds.